The summed E-state index contributed by atoms with van der Waals surface area (Å²) in [7, 11) is 0. The Balaban J connectivity index is 0.924. The summed E-state index contributed by atoms with van der Waals surface area (Å²) in [6, 6.07) is 102. The van der Waals surface area contributed by atoms with Crippen LogP contribution in [0.1, 0.15) is 22.9 Å². The predicted molar refractivity (Wildman–Crippen MR) is 336 cm³/mol. The van der Waals surface area contributed by atoms with Crippen LogP contribution in [-0.2, 0) is 0 Å². The highest BCUT2D eigenvalue weighted by molar-refractivity contribution is 6.23. The van der Waals surface area contributed by atoms with Crippen LogP contribution < -0.4 is 5.32 Å². The van der Waals surface area contributed by atoms with Crippen molar-refractivity contribution in [2.45, 2.75) is 6.17 Å². The highest BCUT2D eigenvalue weighted by Crippen LogP contribution is 2.46. The molecule has 1 unspecified atom stereocenters. The molecule has 4 heterocycles. The summed E-state index contributed by atoms with van der Waals surface area (Å²) < 4.78 is 11.2. The van der Waals surface area contributed by atoms with Crippen molar-refractivity contribution in [1.82, 2.24) is 14.5 Å². The lowest BCUT2D eigenvalue weighted by Crippen LogP contribution is -2.34. The zero-order valence-corrected chi connectivity index (χ0v) is 43.9. The summed E-state index contributed by atoms with van der Waals surface area (Å²) in [4.78, 5) is 11.0. The van der Waals surface area contributed by atoms with Gasteiger partial charge in [-0.1, -0.05) is 212 Å². The third-order valence-electron chi connectivity index (χ3n) is 16.2. The van der Waals surface area contributed by atoms with Gasteiger partial charge in [0.2, 0.25) is 0 Å². The molecule has 0 amide bonds. The van der Waals surface area contributed by atoms with Gasteiger partial charge in [-0.25, -0.2) is 9.98 Å². The Morgan fingerprint density at radius 1 is 0.333 bits per heavy atom. The Hall–Kier alpha value is -10.8. The molecular weight excluding hydrogens is 987 g/mol. The molecule has 0 fully saturated rings. The van der Waals surface area contributed by atoms with Crippen molar-refractivity contribution in [3.05, 3.63) is 302 Å². The van der Waals surface area contributed by atoms with Gasteiger partial charge < -0.3 is 18.9 Å². The van der Waals surface area contributed by atoms with Crippen LogP contribution in [0, 0.1) is 0 Å². The molecule has 1 aliphatic rings. The van der Waals surface area contributed by atoms with Gasteiger partial charge in [-0.15, -0.1) is 0 Å². The standard InChI is InChI=1S/C75H49N5O/c1-5-20-48(21-6-1)51-26-17-27-54(44-51)73-76-74(55-40-43-70-63(45-55)57-30-14-16-37-69(57)81-70)78-75(77-73)62-42-39-53(50-24-9-3-10-25-50)47-68(62)80-64-34-15-13-31-60(64)71-58(33-19-36-66(71)80)59-32-18-35-65-72(59)61-41-38-52(49-22-7-2-8-23-49)46-67(61)79(65)56-28-11-4-12-29-56/h1-47,75H,(H,76,77,78). The fourth-order valence-electron chi connectivity index (χ4n) is 12.5. The summed E-state index contributed by atoms with van der Waals surface area (Å²) in [6.07, 6.45) is -0.553. The van der Waals surface area contributed by atoms with Gasteiger partial charge in [0, 0.05) is 54.7 Å². The van der Waals surface area contributed by atoms with Gasteiger partial charge >= 0.3 is 0 Å². The van der Waals surface area contributed by atoms with Crippen molar-refractivity contribution in [1.29, 1.82) is 0 Å². The van der Waals surface area contributed by atoms with Crippen LogP contribution >= 0.6 is 0 Å². The topological polar surface area (TPSA) is 59.8 Å². The molecule has 81 heavy (non-hydrogen) atoms. The van der Waals surface area contributed by atoms with Crippen LogP contribution in [0.4, 0.5) is 0 Å². The van der Waals surface area contributed by atoms with E-state index in [0.29, 0.717) is 5.84 Å². The van der Waals surface area contributed by atoms with E-state index in [1.54, 1.807) is 0 Å². The lowest BCUT2D eigenvalue weighted by molar-refractivity contribution is 0.668. The number of benzene rings is 12. The van der Waals surface area contributed by atoms with E-state index in [1.165, 1.54) is 38.4 Å². The summed E-state index contributed by atoms with van der Waals surface area (Å²) in [5.41, 5.74) is 20.4. The Kier molecular flexibility index (Phi) is 10.8. The lowest BCUT2D eigenvalue weighted by Gasteiger charge is -2.26. The van der Waals surface area contributed by atoms with Crippen molar-refractivity contribution in [2.24, 2.45) is 9.98 Å². The predicted octanol–water partition coefficient (Wildman–Crippen LogP) is 18.9. The minimum Gasteiger partial charge on any atom is -0.456 e. The zero-order chi connectivity index (χ0) is 53.4. The van der Waals surface area contributed by atoms with Gasteiger partial charge in [0.05, 0.1) is 27.8 Å². The van der Waals surface area contributed by atoms with Crippen molar-refractivity contribution in [3.63, 3.8) is 0 Å². The number of furan rings is 1. The fraction of sp³-hybridized carbons (Fsp3) is 0.0133. The van der Waals surface area contributed by atoms with Crippen LogP contribution in [0.3, 0.4) is 0 Å². The van der Waals surface area contributed by atoms with E-state index in [2.05, 4.69) is 287 Å². The minimum absolute atomic E-state index is 0.553. The summed E-state index contributed by atoms with van der Waals surface area (Å²) in [5.74, 6) is 1.37. The van der Waals surface area contributed by atoms with Crippen molar-refractivity contribution >= 4 is 77.2 Å². The third-order valence-corrected chi connectivity index (χ3v) is 16.2. The molecule has 1 N–H and O–H groups in total. The molecule has 1 aliphatic heterocycles. The maximum Gasteiger partial charge on any atom is 0.159 e. The molecule has 0 aliphatic carbocycles. The molecule has 0 saturated heterocycles. The second kappa shape index (κ2) is 19.0. The van der Waals surface area contributed by atoms with E-state index in [9.17, 15) is 0 Å². The maximum absolute atomic E-state index is 6.33. The first-order valence-electron chi connectivity index (χ1n) is 27.6. The molecule has 0 bridgehead atoms. The minimum atomic E-state index is -0.553. The molecular formula is C75H49N5O. The average molecular weight is 1040 g/mol. The summed E-state index contributed by atoms with van der Waals surface area (Å²) in [6.45, 7) is 0. The van der Waals surface area contributed by atoms with Gasteiger partial charge in [-0.3, -0.25) is 0 Å². The van der Waals surface area contributed by atoms with Crippen molar-refractivity contribution in [2.75, 3.05) is 0 Å². The van der Waals surface area contributed by atoms with Crippen LogP contribution in [0.5, 0.6) is 0 Å². The second-order valence-electron chi connectivity index (χ2n) is 20.9. The Morgan fingerprint density at radius 3 is 1.57 bits per heavy atom. The molecule has 3 aromatic heterocycles. The van der Waals surface area contributed by atoms with Gasteiger partial charge in [0.15, 0.2) is 5.84 Å². The quantitative estimate of drug-likeness (QED) is 0.157. The van der Waals surface area contributed by atoms with E-state index in [1.807, 2.05) is 12.1 Å². The third kappa shape index (κ3) is 7.79. The van der Waals surface area contributed by atoms with Crippen LogP contribution in [-0.4, -0.2) is 20.8 Å². The van der Waals surface area contributed by atoms with Gasteiger partial charge in [0.1, 0.15) is 23.2 Å². The van der Waals surface area contributed by atoms with E-state index in [0.717, 1.165) is 106 Å². The highest BCUT2D eigenvalue weighted by atomic mass is 16.3. The average Bonchev–Trinajstić information content (AvgIpc) is 3.48. The number of amidine groups is 2. The number of hydrogen-bond acceptors (Lipinski definition) is 4. The molecule has 0 radical (unpaired) electrons. The molecule has 15 aromatic rings. The van der Waals surface area contributed by atoms with E-state index in [4.69, 9.17) is 14.4 Å². The van der Waals surface area contributed by atoms with E-state index < -0.39 is 6.17 Å². The number of para-hydroxylation sites is 3. The molecule has 6 nitrogen and oxygen atoms in total. The number of hydrogen-bond donors (Lipinski definition) is 1. The molecule has 12 aromatic carbocycles. The first-order valence-corrected chi connectivity index (χ1v) is 27.6. The van der Waals surface area contributed by atoms with Gasteiger partial charge in [0.25, 0.3) is 0 Å². The number of aromatic nitrogens is 2. The Morgan fingerprint density at radius 2 is 0.852 bits per heavy atom. The van der Waals surface area contributed by atoms with Crippen LogP contribution in [0.15, 0.2) is 300 Å². The highest BCUT2D eigenvalue weighted by Gasteiger charge is 2.28. The smallest absolute Gasteiger partial charge is 0.159 e. The first-order chi connectivity index (χ1) is 40.2. The molecule has 380 valence electrons. The number of fused-ring (bicyclic) bond motifs is 9. The monoisotopic (exact) mass is 1040 g/mol. The lowest BCUT2D eigenvalue weighted by atomic mass is 9.95. The Bertz CT molecular complexity index is 5010. The normalized spacial score (nSPS) is 13.6. The SMILES string of the molecule is c1ccc(-c2cccc(C3=NC(c4ccc(-c5ccccc5)cc4-n4c5ccccc5c5c(-c6cccc7c6c6ccc(-c8ccccc8)cc6n7-c6ccccc6)cccc54)NC(c4ccc5oc6ccccc6c5c4)=N3)c2)cc1. The number of rotatable bonds is 9. The summed E-state index contributed by atoms with van der Waals surface area (Å²) >= 11 is 0. The summed E-state index contributed by atoms with van der Waals surface area (Å²) in [5, 5.41) is 10.8. The Labute approximate surface area is 467 Å². The second-order valence-corrected chi connectivity index (χ2v) is 20.9. The number of aliphatic imine (C=N–C) groups is 2. The van der Waals surface area contributed by atoms with Gasteiger partial charge in [-0.05, 0) is 117 Å². The molecule has 6 heteroatoms. The van der Waals surface area contributed by atoms with Crippen molar-refractivity contribution in [3.8, 4) is 55.9 Å². The number of nitrogens with zero attached hydrogens (tertiary/aromatic N) is 4. The van der Waals surface area contributed by atoms with Gasteiger partial charge in [-0.2, -0.15) is 0 Å². The van der Waals surface area contributed by atoms with Crippen molar-refractivity contribution < 1.29 is 4.42 Å². The molecule has 1 atom stereocenters. The molecule has 0 spiro atoms. The number of nitrogens with one attached hydrogen (secondary N) is 1. The van der Waals surface area contributed by atoms with Crippen LogP contribution in [0.2, 0.25) is 0 Å². The first kappa shape index (κ1) is 46.3. The fourth-order valence-corrected chi connectivity index (χ4v) is 12.5. The largest absolute Gasteiger partial charge is 0.456 e. The zero-order valence-electron chi connectivity index (χ0n) is 43.9. The molecule has 16 rings (SSSR count). The maximum atomic E-state index is 6.33. The molecule has 0 saturated carbocycles. The van der Waals surface area contributed by atoms with Crippen LogP contribution in [0.25, 0.3) is 121 Å². The van der Waals surface area contributed by atoms with E-state index in [-0.39, 0.29) is 0 Å². The van der Waals surface area contributed by atoms with E-state index >= 15 is 0 Å².